The van der Waals surface area contributed by atoms with E-state index in [-0.39, 0.29) is 12.2 Å². The van der Waals surface area contributed by atoms with Gasteiger partial charge in [-0.1, -0.05) is 58.4 Å². The van der Waals surface area contributed by atoms with Crippen molar-refractivity contribution in [3.05, 3.63) is 122 Å². The van der Waals surface area contributed by atoms with Crippen molar-refractivity contribution in [3.63, 3.8) is 0 Å². The average molecular weight is 682 g/mol. The summed E-state index contributed by atoms with van der Waals surface area (Å²) in [7, 11) is 0. The van der Waals surface area contributed by atoms with Crippen molar-refractivity contribution in [1.29, 1.82) is 0 Å². The highest BCUT2D eigenvalue weighted by atomic mass is 79.9. The highest BCUT2D eigenvalue weighted by Gasteiger charge is 2.13. The molecule has 4 rings (SSSR count). The molecule has 0 saturated heterocycles. The number of amides is 1. The van der Waals surface area contributed by atoms with Crippen molar-refractivity contribution in [1.82, 2.24) is 5.43 Å². The molecule has 0 aliphatic rings. The van der Waals surface area contributed by atoms with E-state index in [0.717, 1.165) is 15.6 Å². The minimum Gasteiger partial charge on any atom is -0.490 e. The van der Waals surface area contributed by atoms with Crippen LogP contribution in [0, 0.1) is 0 Å². The Kier molecular flexibility index (Phi) is 10.5. The van der Waals surface area contributed by atoms with Crippen LogP contribution >= 0.6 is 31.9 Å². The Morgan fingerprint density at radius 3 is 2.22 bits per heavy atom. The number of nitrogens with zero attached hydrogens (tertiary/aromatic N) is 1. The second-order valence-electron chi connectivity index (χ2n) is 8.66. The molecule has 0 heterocycles. The van der Waals surface area contributed by atoms with Gasteiger partial charge >= 0.3 is 5.97 Å². The lowest BCUT2D eigenvalue weighted by Crippen LogP contribution is -2.18. The molecule has 2 N–H and O–H groups in total. The van der Waals surface area contributed by atoms with Gasteiger partial charge in [0.25, 0.3) is 5.91 Å². The molecule has 0 aliphatic carbocycles. The Hall–Kier alpha value is -4.15. The smallest absolute Gasteiger partial charge is 0.335 e. The van der Waals surface area contributed by atoms with Crippen LogP contribution in [0.5, 0.6) is 17.2 Å². The van der Waals surface area contributed by atoms with E-state index < -0.39 is 11.9 Å². The van der Waals surface area contributed by atoms with Crippen LogP contribution in [0.2, 0.25) is 0 Å². The van der Waals surface area contributed by atoms with Crippen LogP contribution in [-0.2, 0) is 13.2 Å². The molecule has 0 bridgehead atoms. The van der Waals surface area contributed by atoms with Gasteiger partial charge in [-0.25, -0.2) is 10.2 Å². The molecule has 0 aliphatic heterocycles. The van der Waals surface area contributed by atoms with Crippen molar-refractivity contribution < 1.29 is 28.9 Å². The Morgan fingerprint density at radius 1 is 0.829 bits per heavy atom. The number of rotatable bonds is 12. The van der Waals surface area contributed by atoms with Gasteiger partial charge in [0.1, 0.15) is 19.0 Å². The van der Waals surface area contributed by atoms with E-state index >= 15 is 0 Å². The molecule has 8 nitrogen and oxygen atoms in total. The van der Waals surface area contributed by atoms with Crippen LogP contribution in [0.1, 0.15) is 44.3 Å². The topological polar surface area (TPSA) is 106 Å². The molecular formula is C31H26Br2N2O6. The number of carboxylic acids is 1. The van der Waals surface area contributed by atoms with Crippen molar-refractivity contribution in [2.24, 2.45) is 5.10 Å². The van der Waals surface area contributed by atoms with E-state index in [1.54, 1.807) is 36.4 Å². The van der Waals surface area contributed by atoms with Gasteiger partial charge in [0.15, 0.2) is 11.5 Å². The molecule has 4 aromatic rings. The Bertz CT molecular complexity index is 1540. The second-order valence-corrected chi connectivity index (χ2v) is 10.4. The fraction of sp³-hybridized carbons (Fsp3) is 0.129. The van der Waals surface area contributed by atoms with Gasteiger partial charge in [0.05, 0.1) is 22.9 Å². The fourth-order valence-electron chi connectivity index (χ4n) is 3.72. The van der Waals surface area contributed by atoms with Crippen molar-refractivity contribution >= 4 is 50.0 Å². The largest absolute Gasteiger partial charge is 0.490 e. The van der Waals surface area contributed by atoms with Gasteiger partial charge in [-0.15, -0.1) is 0 Å². The van der Waals surface area contributed by atoms with Crippen LogP contribution in [0.25, 0.3) is 0 Å². The maximum Gasteiger partial charge on any atom is 0.335 e. The number of hydrazone groups is 1. The summed E-state index contributed by atoms with van der Waals surface area (Å²) < 4.78 is 19.1. The van der Waals surface area contributed by atoms with E-state index in [4.69, 9.17) is 19.3 Å². The first-order chi connectivity index (χ1) is 19.8. The number of carbonyl (C=O) groups is 2. The Balaban J connectivity index is 1.44. The first-order valence-corrected chi connectivity index (χ1v) is 14.1. The van der Waals surface area contributed by atoms with Gasteiger partial charge in [0, 0.05) is 15.6 Å². The number of hydrogen-bond acceptors (Lipinski definition) is 6. The van der Waals surface area contributed by atoms with Gasteiger partial charge in [-0.05, 0) is 76.4 Å². The number of nitrogens with one attached hydrogen (secondary N) is 1. The molecular weight excluding hydrogens is 656 g/mol. The van der Waals surface area contributed by atoms with Gasteiger partial charge in [-0.3, -0.25) is 4.79 Å². The van der Waals surface area contributed by atoms with Crippen LogP contribution < -0.4 is 19.6 Å². The van der Waals surface area contributed by atoms with Gasteiger partial charge in [0.2, 0.25) is 0 Å². The van der Waals surface area contributed by atoms with Gasteiger partial charge in [-0.2, -0.15) is 5.10 Å². The van der Waals surface area contributed by atoms with E-state index in [9.17, 15) is 9.59 Å². The van der Waals surface area contributed by atoms with Crippen molar-refractivity contribution in [2.75, 3.05) is 6.61 Å². The van der Waals surface area contributed by atoms with Crippen LogP contribution in [-0.4, -0.2) is 29.8 Å². The molecule has 0 spiro atoms. The number of aromatic carboxylic acids is 1. The zero-order valence-corrected chi connectivity index (χ0v) is 25.1. The maximum atomic E-state index is 12.9. The summed E-state index contributed by atoms with van der Waals surface area (Å²) in [4.78, 5) is 24.0. The molecule has 4 aromatic carbocycles. The standard InChI is InChI=1S/C31H26Br2N2O6/c1-2-39-28-15-23(12-13-27(28)40-18-20-6-4-3-5-7-20)30(36)35-34-17-24-14-25(32)16-26(33)29(24)41-19-21-8-10-22(11-9-21)31(37)38/h3-17H,2,18-19H2,1H3,(H,35,36)(H,37,38)/b34-17+. The third kappa shape index (κ3) is 8.42. The number of ether oxygens (including phenoxy) is 3. The number of halogens is 2. The quantitative estimate of drug-likeness (QED) is 0.121. The summed E-state index contributed by atoms with van der Waals surface area (Å²) >= 11 is 6.97. The molecule has 0 saturated carbocycles. The highest BCUT2D eigenvalue weighted by molar-refractivity contribution is 9.11. The number of benzene rings is 4. The zero-order chi connectivity index (χ0) is 29.2. The second kappa shape index (κ2) is 14.5. The number of carbonyl (C=O) groups excluding carboxylic acids is 1. The van der Waals surface area contributed by atoms with Crippen LogP contribution in [0.3, 0.4) is 0 Å². The normalized spacial score (nSPS) is 10.8. The summed E-state index contributed by atoms with van der Waals surface area (Å²) in [6.07, 6.45) is 1.48. The lowest BCUT2D eigenvalue weighted by Gasteiger charge is -2.13. The monoisotopic (exact) mass is 680 g/mol. The molecule has 0 fully saturated rings. The predicted molar refractivity (Wildman–Crippen MR) is 163 cm³/mol. The molecule has 0 atom stereocenters. The van der Waals surface area contributed by atoms with E-state index in [1.807, 2.05) is 43.3 Å². The summed E-state index contributed by atoms with van der Waals surface area (Å²) in [5, 5.41) is 13.2. The lowest BCUT2D eigenvalue weighted by molar-refractivity contribution is 0.0696. The van der Waals surface area contributed by atoms with Crippen molar-refractivity contribution in [3.8, 4) is 17.2 Å². The van der Waals surface area contributed by atoms with E-state index in [0.29, 0.717) is 46.1 Å². The molecule has 41 heavy (non-hydrogen) atoms. The Labute approximate surface area is 254 Å². The van der Waals surface area contributed by atoms with E-state index in [1.165, 1.54) is 18.3 Å². The van der Waals surface area contributed by atoms with Gasteiger partial charge < -0.3 is 19.3 Å². The third-order valence-corrected chi connectivity index (χ3v) is 6.78. The first kappa shape index (κ1) is 29.8. The highest BCUT2D eigenvalue weighted by Crippen LogP contribution is 2.33. The number of carboxylic acid groups (broad SMARTS) is 1. The minimum atomic E-state index is -0.991. The summed E-state index contributed by atoms with van der Waals surface area (Å²) in [6, 6.07) is 24.8. The molecule has 0 unspecified atom stereocenters. The average Bonchev–Trinajstić information content (AvgIpc) is 2.96. The Morgan fingerprint density at radius 2 is 1.51 bits per heavy atom. The minimum absolute atomic E-state index is 0.199. The van der Waals surface area contributed by atoms with E-state index in [2.05, 4.69) is 42.4 Å². The molecule has 1 amide bonds. The number of hydrogen-bond donors (Lipinski definition) is 2. The summed E-state index contributed by atoms with van der Waals surface area (Å²) in [6.45, 7) is 2.84. The predicted octanol–water partition coefficient (Wildman–Crippen LogP) is 7.23. The maximum absolute atomic E-state index is 12.9. The molecule has 0 aromatic heterocycles. The fourth-order valence-corrected chi connectivity index (χ4v) is 5.10. The molecule has 0 radical (unpaired) electrons. The lowest BCUT2D eigenvalue weighted by atomic mass is 10.1. The summed E-state index contributed by atoms with van der Waals surface area (Å²) in [5.74, 6) is 0.0891. The van der Waals surface area contributed by atoms with Crippen LogP contribution in [0.15, 0.2) is 99.0 Å². The first-order valence-electron chi connectivity index (χ1n) is 12.5. The van der Waals surface area contributed by atoms with Crippen LogP contribution in [0.4, 0.5) is 0 Å². The summed E-state index contributed by atoms with van der Waals surface area (Å²) in [5.41, 5.74) is 5.52. The molecule has 210 valence electrons. The molecule has 10 heteroatoms. The zero-order valence-electron chi connectivity index (χ0n) is 22.0. The third-order valence-electron chi connectivity index (χ3n) is 5.73. The SMILES string of the molecule is CCOc1cc(C(=O)N/N=C/c2cc(Br)cc(Br)c2OCc2ccc(C(=O)O)cc2)ccc1OCc1ccccc1. The van der Waals surface area contributed by atoms with Crippen molar-refractivity contribution in [2.45, 2.75) is 20.1 Å².